The van der Waals surface area contributed by atoms with Crippen molar-refractivity contribution in [2.75, 3.05) is 0 Å². The molecule has 4 aromatic rings. The molecule has 1 heterocycles. The van der Waals surface area contributed by atoms with Crippen LogP contribution >= 0.6 is 0 Å². The Labute approximate surface area is 196 Å². The zero-order valence-electron chi connectivity index (χ0n) is 18.1. The Morgan fingerprint density at radius 3 is 2.26 bits per heavy atom. The number of para-hydroxylation sites is 2. The topological polar surface area (TPSA) is 103 Å². The molecule has 0 fully saturated rings. The van der Waals surface area contributed by atoms with Crippen LogP contribution < -0.4 is 10.3 Å². The standard InChI is InChI=1S/C24H17F3N4O4/c1-15(28-19-9-5-6-10-20(19)35-24(25,26)27)21-22(16-7-3-2-4-8-16)29-30(23(21)32)17-11-13-18(14-12-17)31(33)34/h2-14,29H,1H3. The van der Waals surface area contributed by atoms with E-state index in [-0.39, 0.29) is 22.6 Å². The molecule has 8 nitrogen and oxygen atoms in total. The number of aliphatic imine (C=N–C) groups is 1. The Kier molecular flexibility index (Phi) is 6.24. The first-order valence-electron chi connectivity index (χ1n) is 10.2. The molecule has 0 saturated carbocycles. The van der Waals surface area contributed by atoms with Gasteiger partial charge in [-0.25, -0.2) is 9.67 Å². The molecule has 1 N–H and O–H groups in total. The second-order valence-corrected chi connectivity index (χ2v) is 7.35. The molecule has 0 aliphatic rings. The number of hydrogen-bond acceptors (Lipinski definition) is 5. The number of nitrogens with zero attached hydrogens (tertiary/aromatic N) is 3. The van der Waals surface area contributed by atoms with Gasteiger partial charge in [-0.05, 0) is 31.2 Å². The molecule has 3 aromatic carbocycles. The van der Waals surface area contributed by atoms with Gasteiger partial charge in [0.25, 0.3) is 11.2 Å². The number of non-ortho nitro benzene ring substituents is 1. The molecule has 0 saturated heterocycles. The van der Waals surface area contributed by atoms with Crippen molar-refractivity contribution < 1.29 is 22.8 Å². The summed E-state index contributed by atoms with van der Waals surface area (Å²) in [4.78, 5) is 28.1. The minimum absolute atomic E-state index is 0.108. The van der Waals surface area contributed by atoms with Crippen LogP contribution in [0, 0.1) is 10.1 Å². The molecule has 178 valence electrons. The van der Waals surface area contributed by atoms with Gasteiger partial charge in [-0.1, -0.05) is 42.5 Å². The van der Waals surface area contributed by atoms with Crippen molar-refractivity contribution in [2.24, 2.45) is 4.99 Å². The third-order valence-corrected chi connectivity index (χ3v) is 5.01. The van der Waals surface area contributed by atoms with Gasteiger partial charge >= 0.3 is 6.36 Å². The van der Waals surface area contributed by atoms with E-state index in [9.17, 15) is 28.1 Å². The molecule has 35 heavy (non-hydrogen) atoms. The summed E-state index contributed by atoms with van der Waals surface area (Å²) in [6.45, 7) is 1.50. The predicted molar refractivity (Wildman–Crippen MR) is 123 cm³/mol. The minimum Gasteiger partial charge on any atom is -0.403 e. The van der Waals surface area contributed by atoms with Crippen molar-refractivity contribution in [3.8, 4) is 22.7 Å². The molecule has 0 bridgehead atoms. The van der Waals surface area contributed by atoms with Gasteiger partial charge in [0.05, 0.1) is 27.6 Å². The summed E-state index contributed by atoms with van der Waals surface area (Å²) in [5.74, 6) is -0.508. The molecule has 4 rings (SSSR count). The summed E-state index contributed by atoms with van der Waals surface area (Å²) in [5.41, 5.74) is 0.824. The largest absolute Gasteiger partial charge is 0.573 e. The highest BCUT2D eigenvalue weighted by Crippen LogP contribution is 2.33. The van der Waals surface area contributed by atoms with Gasteiger partial charge in [-0.15, -0.1) is 13.2 Å². The molecule has 0 aliphatic heterocycles. The number of benzene rings is 3. The number of aromatic amines is 1. The Balaban J connectivity index is 1.87. The molecule has 0 aliphatic carbocycles. The highest BCUT2D eigenvalue weighted by Gasteiger charge is 2.32. The number of hydrogen-bond donors (Lipinski definition) is 1. The van der Waals surface area contributed by atoms with E-state index in [2.05, 4.69) is 14.8 Å². The van der Waals surface area contributed by atoms with E-state index in [4.69, 9.17) is 0 Å². The number of nitro benzene ring substituents is 1. The lowest BCUT2D eigenvalue weighted by atomic mass is 10.1. The lowest BCUT2D eigenvalue weighted by Gasteiger charge is -2.11. The van der Waals surface area contributed by atoms with Crippen molar-refractivity contribution in [2.45, 2.75) is 13.3 Å². The number of alkyl halides is 3. The Morgan fingerprint density at radius 2 is 1.63 bits per heavy atom. The monoisotopic (exact) mass is 482 g/mol. The third-order valence-electron chi connectivity index (χ3n) is 5.01. The fraction of sp³-hybridized carbons (Fsp3) is 0.0833. The van der Waals surface area contributed by atoms with Crippen molar-refractivity contribution in [1.82, 2.24) is 9.78 Å². The SMILES string of the molecule is CC(=Nc1ccccc1OC(F)(F)F)c1c(-c2ccccc2)[nH]n(-c2ccc([N+](=O)[O-])cc2)c1=O. The molecule has 0 spiro atoms. The molecule has 11 heteroatoms. The molecule has 0 atom stereocenters. The van der Waals surface area contributed by atoms with E-state index in [1.165, 1.54) is 54.1 Å². The van der Waals surface area contributed by atoms with Gasteiger partial charge in [0.15, 0.2) is 5.75 Å². The molecule has 0 unspecified atom stereocenters. The van der Waals surface area contributed by atoms with Crippen molar-refractivity contribution in [3.05, 3.63) is 105 Å². The van der Waals surface area contributed by atoms with Gasteiger partial charge in [-0.3, -0.25) is 20.0 Å². The maximum Gasteiger partial charge on any atom is 0.573 e. The van der Waals surface area contributed by atoms with Gasteiger partial charge in [0, 0.05) is 17.7 Å². The maximum atomic E-state index is 13.4. The number of halogens is 3. The quantitative estimate of drug-likeness (QED) is 0.214. The number of nitro groups is 1. The lowest BCUT2D eigenvalue weighted by Crippen LogP contribution is -2.19. The Hall–Kier alpha value is -4.67. The van der Waals surface area contributed by atoms with Gasteiger partial charge in [0.2, 0.25) is 0 Å². The smallest absolute Gasteiger partial charge is 0.403 e. The van der Waals surface area contributed by atoms with Crippen LogP contribution in [-0.4, -0.2) is 26.8 Å². The highest BCUT2D eigenvalue weighted by molar-refractivity contribution is 6.05. The van der Waals surface area contributed by atoms with Crippen LogP contribution in [0.25, 0.3) is 16.9 Å². The summed E-state index contributed by atoms with van der Waals surface area (Å²) in [5, 5.41) is 14.0. The normalized spacial score (nSPS) is 11.9. The first-order chi connectivity index (χ1) is 16.6. The van der Waals surface area contributed by atoms with Crippen molar-refractivity contribution in [1.29, 1.82) is 0 Å². The fourth-order valence-electron chi connectivity index (χ4n) is 3.49. The first-order valence-corrected chi connectivity index (χ1v) is 10.2. The maximum absolute atomic E-state index is 13.4. The second-order valence-electron chi connectivity index (χ2n) is 7.35. The third kappa shape index (κ3) is 5.13. The number of rotatable bonds is 6. The van der Waals surface area contributed by atoms with Gasteiger partial charge < -0.3 is 4.74 Å². The molecule has 0 amide bonds. The van der Waals surface area contributed by atoms with Crippen LogP contribution in [0.3, 0.4) is 0 Å². The molecular weight excluding hydrogens is 465 g/mol. The van der Waals surface area contributed by atoms with Gasteiger partial charge in [-0.2, -0.15) is 0 Å². The predicted octanol–water partition coefficient (Wildman–Crippen LogP) is 5.78. The van der Waals surface area contributed by atoms with Crippen LogP contribution in [0.5, 0.6) is 5.75 Å². The number of H-pyrrole nitrogens is 1. The van der Waals surface area contributed by atoms with E-state index >= 15 is 0 Å². The summed E-state index contributed by atoms with van der Waals surface area (Å²) >= 11 is 0. The van der Waals surface area contributed by atoms with E-state index in [1.54, 1.807) is 30.3 Å². The van der Waals surface area contributed by atoms with Crippen LogP contribution in [0.15, 0.2) is 88.6 Å². The summed E-state index contributed by atoms with van der Waals surface area (Å²) in [7, 11) is 0. The number of aromatic nitrogens is 2. The summed E-state index contributed by atoms with van der Waals surface area (Å²) < 4.78 is 43.7. The van der Waals surface area contributed by atoms with Crippen LogP contribution in [0.4, 0.5) is 24.5 Å². The Morgan fingerprint density at radius 1 is 1.00 bits per heavy atom. The zero-order chi connectivity index (χ0) is 25.2. The number of ether oxygens (including phenoxy) is 1. The molecule has 0 radical (unpaired) electrons. The van der Waals surface area contributed by atoms with E-state index in [1.807, 2.05) is 0 Å². The number of nitrogens with one attached hydrogen (secondary N) is 1. The van der Waals surface area contributed by atoms with Crippen molar-refractivity contribution in [3.63, 3.8) is 0 Å². The lowest BCUT2D eigenvalue weighted by molar-refractivity contribution is -0.384. The van der Waals surface area contributed by atoms with Crippen LogP contribution in [0.2, 0.25) is 0 Å². The minimum atomic E-state index is -4.91. The highest BCUT2D eigenvalue weighted by atomic mass is 19.4. The van der Waals surface area contributed by atoms with Crippen LogP contribution in [-0.2, 0) is 0 Å². The summed E-state index contributed by atoms with van der Waals surface area (Å²) in [6.07, 6.45) is -4.91. The fourth-order valence-corrected chi connectivity index (χ4v) is 3.49. The van der Waals surface area contributed by atoms with Gasteiger partial charge in [0.1, 0.15) is 5.69 Å². The van der Waals surface area contributed by atoms with Crippen LogP contribution in [0.1, 0.15) is 12.5 Å². The summed E-state index contributed by atoms with van der Waals surface area (Å²) in [6, 6.07) is 19.5. The van der Waals surface area contributed by atoms with E-state index < -0.39 is 22.6 Å². The molecule has 1 aromatic heterocycles. The van der Waals surface area contributed by atoms with E-state index in [0.717, 1.165) is 6.07 Å². The second kappa shape index (κ2) is 9.29. The molecular formula is C24H17F3N4O4. The first kappa shape index (κ1) is 23.5. The average molecular weight is 482 g/mol. The average Bonchev–Trinajstić information content (AvgIpc) is 3.17. The zero-order valence-corrected chi connectivity index (χ0v) is 18.1. The van der Waals surface area contributed by atoms with Crippen molar-refractivity contribution >= 4 is 17.1 Å². The van der Waals surface area contributed by atoms with E-state index in [0.29, 0.717) is 16.9 Å². The Bertz CT molecular complexity index is 1460.